The summed E-state index contributed by atoms with van der Waals surface area (Å²) in [4.78, 5) is 14.2. The molecular weight excluding hydrogens is 190 g/mol. The van der Waals surface area contributed by atoms with E-state index in [0.29, 0.717) is 6.61 Å². The summed E-state index contributed by atoms with van der Waals surface area (Å²) >= 11 is 0. The fourth-order valence-corrected chi connectivity index (χ4v) is 2.48. The highest BCUT2D eigenvalue weighted by Crippen LogP contribution is 2.42. The Morgan fingerprint density at radius 2 is 2.27 bits per heavy atom. The van der Waals surface area contributed by atoms with Gasteiger partial charge in [-0.1, -0.05) is 11.6 Å². The molecule has 3 nitrogen and oxygen atoms in total. The summed E-state index contributed by atoms with van der Waals surface area (Å²) in [7, 11) is 0. The molecule has 0 aliphatic carbocycles. The zero-order valence-corrected chi connectivity index (χ0v) is 8.91. The smallest absolute Gasteiger partial charge is 0.217 e. The van der Waals surface area contributed by atoms with Crippen LogP contribution in [0.5, 0.6) is 0 Å². The van der Waals surface area contributed by atoms with E-state index in [1.165, 1.54) is 0 Å². The van der Waals surface area contributed by atoms with Gasteiger partial charge in [-0.3, -0.25) is 4.79 Å². The number of hydrogen-bond donors (Lipinski definition) is 0. The molecule has 0 saturated carbocycles. The van der Waals surface area contributed by atoms with Gasteiger partial charge in [0.25, 0.3) is 0 Å². The van der Waals surface area contributed by atoms with Gasteiger partial charge in [0.15, 0.2) is 0 Å². The molecule has 15 heavy (non-hydrogen) atoms. The third-order valence-electron chi connectivity index (χ3n) is 3.32. The SMILES string of the molecule is Cc1ccc2c(c1)C(=O)C1(C)OCCN21. The van der Waals surface area contributed by atoms with E-state index < -0.39 is 5.72 Å². The highest BCUT2D eigenvalue weighted by molar-refractivity contribution is 6.13. The van der Waals surface area contributed by atoms with Crippen molar-refractivity contribution in [3.63, 3.8) is 0 Å². The second kappa shape index (κ2) is 2.61. The second-order valence-corrected chi connectivity index (χ2v) is 4.33. The molecule has 0 bridgehead atoms. The average Bonchev–Trinajstić information content (AvgIpc) is 2.67. The second-order valence-electron chi connectivity index (χ2n) is 4.33. The molecule has 2 aliphatic heterocycles. The van der Waals surface area contributed by atoms with Crippen molar-refractivity contribution in [1.82, 2.24) is 0 Å². The Bertz CT molecular complexity index is 455. The predicted octanol–water partition coefficient (Wildman–Crippen LogP) is 1.74. The number of carbonyl (C=O) groups excluding carboxylic acids is 1. The maximum absolute atomic E-state index is 12.2. The maximum atomic E-state index is 12.2. The number of ketones is 1. The van der Waals surface area contributed by atoms with Crippen LogP contribution >= 0.6 is 0 Å². The number of benzene rings is 1. The zero-order valence-electron chi connectivity index (χ0n) is 8.91. The van der Waals surface area contributed by atoms with E-state index in [0.717, 1.165) is 23.4 Å². The number of fused-ring (bicyclic) bond motifs is 3. The summed E-state index contributed by atoms with van der Waals surface area (Å²) in [6, 6.07) is 6.00. The minimum atomic E-state index is -0.740. The van der Waals surface area contributed by atoms with E-state index in [-0.39, 0.29) is 5.78 Å². The standard InChI is InChI=1S/C12H13NO2/c1-8-3-4-10-9(7-8)11(14)12(2)13(10)5-6-15-12/h3-4,7H,5-6H2,1-2H3. The fraction of sp³-hybridized carbons (Fsp3) is 0.417. The van der Waals surface area contributed by atoms with Gasteiger partial charge in [0.05, 0.1) is 12.3 Å². The van der Waals surface area contributed by atoms with Gasteiger partial charge >= 0.3 is 0 Å². The van der Waals surface area contributed by atoms with Crippen LogP contribution in [0, 0.1) is 6.92 Å². The summed E-state index contributed by atoms with van der Waals surface area (Å²) in [5.74, 6) is 0.0960. The maximum Gasteiger partial charge on any atom is 0.217 e. The van der Waals surface area contributed by atoms with E-state index >= 15 is 0 Å². The van der Waals surface area contributed by atoms with E-state index in [9.17, 15) is 4.79 Å². The predicted molar refractivity (Wildman–Crippen MR) is 57.2 cm³/mol. The van der Waals surface area contributed by atoms with Gasteiger partial charge < -0.3 is 9.64 Å². The highest BCUT2D eigenvalue weighted by atomic mass is 16.5. The first kappa shape index (κ1) is 8.92. The molecule has 3 rings (SSSR count). The van der Waals surface area contributed by atoms with Crippen LogP contribution in [0.3, 0.4) is 0 Å². The number of rotatable bonds is 0. The molecule has 2 aliphatic rings. The van der Waals surface area contributed by atoms with E-state index in [1.807, 2.05) is 32.0 Å². The third-order valence-corrected chi connectivity index (χ3v) is 3.32. The van der Waals surface area contributed by atoms with Gasteiger partial charge in [0.1, 0.15) is 0 Å². The Labute approximate surface area is 88.6 Å². The third kappa shape index (κ3) is 0.960. The molecule has 1 fully saturated rings. The first-order valence-electron chi connectivity index (χ1n) is 5.20. The van der Waals surface area contributed by atoms with Crippen molar-refractivity contribution in [1.29, 1.82) is 0 Å². The zero-order chi connectivity index (χ0) is 10.6. The lowest BCUT2D eigenvalue weighted by Crippen LogP contribution is -2.43. The molecular formula is C12H13NO2. The molecule has 0 spiro atoms. The molecule has 0 N–H and O–H groups in total. The van der Waals surface area contributed by atoms with Crippen molar-refractivity contribution in [2.24, 2.45) is 0 Å². The number of anilines is 1. The normalized spacial score (nSPS) is 28.1. The van der Waals surface area contributed by atoms with Crippen molar-refractivity contribution in [2.45, 2.75) is 19.6 Å². The lowest BCUT2D eigenvalue weighted by atomic mass is 10.0. The molecule has 1 unspecified atom stereocenters. The first-order valence-corrected chi connectivity index (χ1v) is 5.20. The summed E-state index contributed by atoms with van der Waals surface area (Å²) in [6.45, 7) is 5.30. The monoisotopic (exact) mass is 203 g/mol. The summed E-state index contributed by atoms with van der Waals surface area (Å²) in [6.07, 6.45) is 0. The number of Topliss-reactive ketones (excluding diaryl/α,β-unsaturated/α-hetero) is 1. The van der Waals surface area contributed by atoms with Gasteiger partial charge in [-0.05, 0) is 26.0 Å². The molecule has 0 radical (unpaired) electrons. The van der Waals surface area contributed by atoms with Crippen LogP contribution in [-0.2, 0) is 4.74 Å². The average molecular weight is 203 g/mol. The van der Waals surface area contributed by atoms with Crippen LogP contribution in [-0.4, -0.2) is 24.7 Å². The van der Waals surface area contributed by atoms with Gasteiger partial charge in [-0.25, -0.2) is 0 Å². The Balaban J connectivity index is 2.22. The summed E-state index contributed by atoms with van der Waals surface area (Å²) < 4.78 is 5.58. The minimum absolute atomic E-state index is 0.0960. The molecule has 3 heteroatoms. The number of aryl methyl sites for hydroxylation is 1. The quantitative estimate of drug-likeness (QED) is 0.643. The lowest BCUT2D eigenvalue weighted by Gasteiger charge is -2.25. The van der Waals surface area contributed by atoms with Crippen molar-refractivity contribution in [3.8, 4) is 0 Å². The fourth-order valence-electron chi connectivity index (χ4n) is 2.48. The molecule has 1 aromatic carbocycles. The van der Waals surface area contributed by atoms with Crippen molar-refractivity contribution >= 4 is 11.5 Å². The molecule has 2 heterocycles. The Hall–Kier alpha value is -1.35. The van der Waals surface area contributed by atoms with Crippen molar-refractivity contribution < 1.29 is 9.53 Å². The summed E-state index contributed by atoms with van der Waals surface area (Å²) in [5, 5.41) is 0. The first-order chi connectivity index (χ1) is 7.13. The number of nitrogens with zero attached hydrogens (tertiary/aromatic N) is 1. The van der Waals surface area contributed by atoms with Crippen LogP contribution < -0.4 is 4.90 Å². The van der Waals surface area contributed by atoms with Crippen LogP contribution in [0.4, 0.5) is 5.69 Å². The molecule has 1 saturated heterocycles. The van der Waals surface area contributed by atoms with Crippen LogP contribution in [0.1, 0.15) is 22.8 Å². The van der Waals surface area contributed by atoms with Gasteiger partial charge in [0, 0.05) is 12.1 Å². The van der Waals surface area contributed by atoms with E-state index in [2.05, 4.69) is 4.90 Å². The Kier molecular flexibility index (Phi) is 1.55. The van der Waals surface area contributed by atoms with Gasteiger partial charge in [-0.2, -0.15) is 0 Å². The minimum Gasteiger partial charge on any atom is -0.347 e. The van der Waals surface area contributed by atoms with Crippen LogP contribution in [0.25, 0.3) is 0 Å². The highest BCUT2D eigenvalue weighted by Gasteiger charge is 2.51. The van der Waals surface area contributed by atoms with E-state index in [4.69, 9.17) is 4.74 Å². The van der Waals surface area contributed by atoms with Crippen LogP contribution in [0.15, 0.2) is 18.2 Å². The number of ether oxygens (including phenoxy) is 1. The molecule has 1 atom stereocenters. The largest absolute Gasteiger partial charge is 0.347 e. The molecule has 1 aromatic rings. The molecule has 78 valence electrons. The molecule has 0 aromatic heterocycles. The van der Waals surface area contributed by atoms with Crippen molar-refractivity contribution in [3.05, 3.63) is 29.3 Å². The van der Waals surface area contributed by atoms with Gasteiger partial charge in [0.2, 0.25) is 11.5 Å². The molecule has 0 amide bonds. The Morgan fingerprint density at radius 3 is 3.07 bits per heavy atom. The topological polar surface area (TPSA) is 29.5 Å². The summed E-state index contributed by atoms with van der Waals surface area (Å²) in [5.41, 5.74) is 2.20. The lowest BCUT2D eigenvalue weighted by molar-refractivity contribution is 0.0259. The number of carbonyl (C=O) groups is 1. The van der Waals surface area contributed by atoms with E-state index in [1.54, 1.807) is 0 Å². The number of hydrogen-bond acceptors (Lipinski definition) is 3. The van der Waals surface area contributed by atoms with Gasteiger partial charge in [-0.15, -0.1) is 0 Å². The van der Waals surface area contributed by atoms with Crippen LogP contribution in [0.2, 0.25) is 0 Å². The van der Waals surface area contributed by atoms with Crippen molar-refractivity contribution in [2.75, 3.05) is 18.1 Å². The Morgan fingerprint density at radius 1 is 1.47 bits per heavy atom.